The maximum Gasteiger partial charge on any atom is 0.299 e. The van der Waals surface area contributed by atoms with Crippen molar-refractivity contribution in [1.82, 2.24) is 0 Å². The van der Waals surface area contributed by atoms with Gasteiger partial charge in [-0.2, -0.15) is 0 Å². The van der Waals surface area contributed by atoms with E-state index in [-0.39, 0.29) is 22.1 Å². The van der Waals surface area contributed by atoms with Crippen molar-refractivity contribution in [3.8, 4) is 0 Å². The molecule has 0 saturated carbocycles. The molecule has 0 atom stereocenters. The summed E-state index contributed by atoms with van der Waals surface area (Å²) in [5.74, 6) is -2.99. The highest BCUT2D eigenvalue weighted by atomic mass is 79.9. The molecule has 0 saturated heterocycles. The molecule has 0 aromatic heterocycles. The van der Waals surface area contributed by atoms with Crippen molar-refractivity contribution in [1.29, 1.82) is 0 Å². The number of anilines is 1. The molecule has 2 aromatic rings. The number of ketones is 1. The smallest absolute Gasteiger partial charge is 0.299 e. The predicted molar refractivity (Wildman–Crippen MR) is 76.0 cm³/mol. The van der Waals surface area contributed by atoms with E-state index in [0.29, 0.717) is 5.69 Å². The van der Waals surface area contributed by atoms with Gasteiger partial charge in [0, 0.05) is 5.56 Å². The van der Waals surface area contributed by atoms with Crippen molar-refractivity contribution in [2.75, 3.05) is 4.90 Å². The van der Waals surface area contributed by atoms with Crippen molar-refractivity contribution in [2.24, 2.45) is 0 Å². The first-order chi connectivity index (χ1) is 10.0. The molecule has 0 fully saturated rings. The highest BCUT2D eigenvalue weighted by Crippen LogP contribution is 2.31. The van der Waals surface area contributed by atoms with E-state index < -0.39 is 23.3 Å². The Morgan fingerprint density at radius 2 is 1.76 bits per heavy atom. The van der Waals surface area contributed by atoms with E-state index in [1.165, 1.54) is 12.1 Å². The molecule has 0 radical (unpaired) electrons. The third-order valence-electron chi connectivity index (χ3n) is 3.33. The predicted octanol–water partition coefficient (Wildman–Crippen LogP) is 3.46. The Balaban J connectivity index is 2.06. The lowest BCUT2D eigenvalue weighted by atomic mass is 10.1. The number of hydrogen-bond donors (Lipinski definition) is 0. The van der Waals surface area contributed by atoms with Crippen molar-refractivity contribution in [2.45, 2.75) is 6.54 Å². The fourth-order valence-electron chi connectivity index (χ4n) is 2.28. The number of Topliss-reactive ketones (excluding diaryl/α,β-unsaturated/α-hetero) is 1. The number of para-hydroxylation sites is 1. The van der Waals surface area contributed by atoms with Crippen molar-refractivity contribution in [3.05, 3.63) is 63.6 Å². The van der Waals surface area contributed by atoms with Crippen LogP contribution >= 0.6 is 15.9 Å². The molecule has 0 N–H and O–H groups in total. The van der Waals surface area contributed by atoms with Gasteiger partial charge in [-0.25, -0.2) is 8.78 Å². The summed E-state index contributed by atoms with van der Waals surface area (Å²) in [4.78, 5) is 24.9. The Kier molecular flexibility index (Phi) is 3.33. The first-order valence-electron chi connectivity index (χ1n) is 6.08. The van der Waals surface area contributed by atoms with Gasteiger partial charge >= 0.3 is 0 Å². The van der Waals surface area contributed by atoms with Gasteiger partial charge in [0.05, 0.1) is 22.3 Å². The number of benzene rings is 2. The largest absolute Gasteiger partial charge is 0.300 e. The summed E-state index contributed by atoms with van der Waals surface area (Å²) >= 11 is 2.98. The van der Waals surface area contributed by atoms with E-state index in [1.54, 1.807) is 18.2 Å². The van der Waals surface area contributed by atoms with Crippen molar-refractivity contribution >= 4 is 33.3 Å². The summed E-state index contributed by atoms with van der Waals surface area (Å²) in [6, 6.07) is 8.74. The molecule has 1 aliphatic heterocycles. The summed E-state index contributed by atoms with van der Waals surface area (Å²) in [6.07, 6.45) is 0. The van der Waals surface area contributed by atoms with Crippen molar-refractivity contribution in [3.63, 3.8) is 0 Å². The molecule has 1 heterocycles. The molecule has 21 heavy (non-hydrogen) atoms. The molecule has 2 aromatic carbocycles. The first kappa shape index (κ1) is 13.9. The zero-order valence-electron chi connectivity index (χ0n) is 10.6. The van der Waals surface area contributed by atoms with E-state index in [4.69, 9.17) is 0 Å². The van der Waals surface area contributed by atoms with Crippen LogP contribution in [0.4, 0.5) is 14.5 Å². The van der Waals surface area contributed by atoms with E-state index >= 15 is 0 Å². The Hall–Kier alpha value is -2.08. The van der Waals surface area contributed by atoms with Crippen LogP contribution in [0.2, 0.25) is 0 Å². The van der Waals surface area contributed by atoms with Gasteiger partial charge in [0.25, 0.3) is 11.7 Å². The molecule has 6 heteroatoms. The molecule has 0 bridgehead atoms. The fourth-order valence-corrected chi connectivity index (χ4v) is 2.65. The summed E-state index contributed by atoms with van der Waals surface area (Å²) in [5, 5.41) is 0. The van der Waals surface area contributed by atoms with Crippen LogP contribution in [0.1, 0.15) is 15.9 Å². The maximum absolute atomic E-state index is 14.0. The topological polar surface area (TPSA) is 37.4 Å². The van der Waals surface area contributed by atoms with E-state index in [0.717, 1.165) is 11.0 Å². The maximum atomic E-state index is 14.0. The van der Waals surface area contributed by atoms with Gasteiger partial charge in [-0.3, -0.25) is 9.59 Å². The summed E-state index contributed by atoms with van der Waals surface area (Å²) in [7, 11) is 0. The molecule has 1 amide bonds. The Bertz CT molecular complexity index is 776. The molecule has 3 nitrogen and oxygen atoms in total. The van der Waals surface area contributed by atoms with Gasteiger partial charge in [-0.1, -0.05) is 12.1 Å². The molecule has 3 rings (SSSR count). The van der Waals surface area contributed by atoms with Crippen LogP contribution in [0.3, 0.4) is 0 Å². The lowest BCUT2D eigenvalue weighted by Crippen LogP contribution is -2.30. The monoisotopic (exact) mass is 351 g/mol. The standard InChI is InChI=1S/C15H8BrF2NO2/c16-10-5-6-11(17)9(13(10)18)7-19-12-4-2-1-3-8(12)14(20)15(19)21/h1-6H,7H2. The zero-order chi connectivity index (χ0) is 15.1. The van der Waals surface area contributed by atoms with E-state index in [9.17, 15) is 18.4 Å². The first-order valence-corrected chi connectivity index (χ1v) is 6.87. The minimum Gasteiger partial charge on any atom is -0.300 e. The van der Waals surface area contributed by atoms with Gasteiger partial charge in [0.1, 0.15) is 11.6 Å². The Labute approximate surface area is 127 Å². The number of fused-ring (bicyclic) bond motifs is 1. The van der Waals surface area contributed by atoms with Crippen LogP contribution in [-0.2, 0) is 11.3 Å². The van der Waals surface area contributed by atoms with Crippen LogP contribution in [0.25, 0.3) is 0 Å². The average Bonchev–Trinajstić information content (AvgIpc) is 2.72. The summed E-state index contributed by atoms with van der Waals surface area (Å²) in [5.41, 5.74) is 0.354. The molecule has 0 aliphatic carbocycles. The minimum absolute atomic E-state index is 0.102. The number of carbonyl (C=O) groups excluding carboxylic acids is 2. The van der Waals surface area contributed by atoms with Gasteiger partial charge in [-0.05, 0) is 40.2 Å². The van der Waals surface area contributed by atoms with Crippen LogP contribution in [0, 0.1) is 11.6 Å². The average molecular weight is 352 g/mol. The lowest BCUT2D eigenvalue weighted by molar-refractivity contribution is -0.114. The number of hydrogen-bond acceptors (Lipinski definition) is 2. The Morgan fingerprint density at radius 1 is 1.05 bits per heavy atom. The van der Waals surface area contributed by atoms with E-state index in [1.807, 2.05) is 0 Å². The molecule has 0 unspecified atom stereocenters. The third-order valence-corrected chi connectivity index (χ3v) is 3.95. The van der Waals surface area contributed by atoms with Gasteiger partial charge in [0.15, 0.2) is 0 Å². The minimum atomic E-state index is -0.782. The van der Waals surface area contributed by atoms with Gasteiger partial charge < -0.3 is 4.90 Å². The normalized spacial score (nSPS) is 13.8. The highest BCUT2D eigenvalue weighted by Gasteiger charge is 2.36. The highest BCUT2D eigenvalue weighted by molar-refractivity contribution is 9.10. The van der Waals surface area contributed by atoms with Gasteiger partial charge in [-0.15, -0.1) is 0 Å². The second-order valence-corrected chi connectivity index (χ2v) is 5.41. The number of rotatable bonds is 2. The SMILES string of the molecule is O=C1C(=O)N(Cc2c(F)ccc(Br)c2F)c2ccccc21. The van der Waals surface area contributed by atoms with Crippen LogP contribution in [0.15, 0.2) is 40.9 Å². The molecule has 1 aliphatic rings. The molecular formula is C15H8BrF2NO2. The second-order valence-electron chi connectivity index (χ2n) is 4.56. The lowest BCUT2D eigenvalue weighted by Gasteiger charge is -2.17. The fraction of sp³-hybridized carbons (Fsp3) is 0.0667. The van der Waals surface area contributed by atoms with Crippen LogP contribution < -0.4 is 4.90 Å². The molecule has 0 spiro atoms. The van der Waals surface area contributed by atoms with E-state index in [2.05, 4.69) is 15.9 Å². The summed E-state index contributed by atoms with van der Waals surface area (Å²) in [6.45, 7) is -0.335. The quantitative estimate of drug-likeness (QED) is 0.613. The molecular weight excluding hydrogens is 344 g/mol. The van der Waals surface area contributed by atoms with Crippen LogP contribution in [0.5, 0.6) is 0 Å². The second kappa shape index (κ2) is 5.04. The van der Waals surface area contributed by atoms with Crippen molar-refractivity contribution < 1.29 is 18.4 Å². The summed E-state index contributed by atoms with van der Waals surface area (Å²) < 4.78 is 27.9. The number of halogens is 3. The molecule has 106 valence electrons. The number of nitrogens with zero attached hydrogens (tertiary/aromatic N) is 1. The number of amides is 1. The number of carbonyl (C=O) groups is 2. The zero-order valence-corrected chi connectivity index (χ0v) is 12.2. The third kappa shape index (κ3) is 2.15. The Morgan fingerprint density at radius 3 is 2.52 bits per heavy atom. The van der Waals surface area contributed by atoms with Crippen LogP contribution in [-0.4, -0.2) is 11.7 Å². The van der Waals surface area contributed by atoms with Gasteiger partial charge in [0.2, 0.25) is 0 Å².